The fraction of sp³-hybridized carbons (Fsp3) is 0.304. The molecule has 1 aliphatic heterocycles. The molecular weight excluding hydrogens is 466 g/mol. The number of nitrogens with zero attached hydrogens (tertiary/aromatic N) is 2. The maximum absolute atomic E-state index is 12.9. The molecule has 0 saturated carbocycles. The van der Waals surface area contributed by atoms with Gasteiger partial charge in [-0.15, -0.1) is 0 Å². The van der Waals surface area contributed by atoms with Crippen LogP contribution in [0.1, 0.15) is 13.8 Å². The van der Waals surface area contributed by atoms with Crippen LogP contribution in [0.2, 0.25) is 5.02 Å². The van der Waals surface area contributed by atoms with Gasteiger partial charge in [0, 0.05) is 30.4 Å². The largest absolute Gasteiger partial charge is 0.481 e. The van der Waals surface area contributed by atoms with Crippen molar-refractivity contribution in [2.24, 2.45) is 0 Å². The molecule has 174 valence electrons. The molecule has 1 fully saturated rings. The van der Waals surface area contributed by atoms with E-state index in [0.29, 0.717) is 35.1 Å². The van der Waals surface area contributed by atoms with Crippen molar-refractivity contribution in [3.8, 4) is 5.75 Å². The number of halogens is 1. The average Bonchev–Trinajstić information content (AvgIpc) is 2.78. The van der Waals surface area contributed by atoms with Gasteiger partial charge < -0.3 is 14.8 Å². The van der Waals surface area contributed by atoms with Crippen LogP contribution in [-0.4, -0.2) is 55.5 Å². The van der Waals surface area contributed by atoms with Crippen molar-refractivity contribution < 1.29 is 22.7 Å². The van der Waals surface area contributed by atoms with Gasteiger partial charge in [-0.05, 0) is 62.4 Å². The van der Waals surface area contributed by atoms with Gasteiger partial charge >= 0.3 is 0 Å². The zero-order valence-electron chi connectivity index (χ0n) is 18.2. The van der Waals surface area contributed by atoms with Crippen LogP contribution in [0.5, 0.6) is 5.75 Å². The highest BCUT2D eigenvalue weighted by Crippen LogP contribution is 2.29. The summed E-state index contributed by atoms with van der Waals surface area (Å²) in [4.78, 5) is 16.8. The first kappa shape index (κ1) is 23.4. The van der Waals surface area contributed by atoms with E-state index in [1.165, 1.54) is 16.4 Å². The smallest absolute Gasteiger partial charge is 0.262 e. The fourth-order valence-corrected chi connectivity index (χ4v) is 5.56. The van der Waals surface area contributed by atoms with Gasteiger partial charge in [-0.25, -0.2) is 8.42 Å². The summed E-state index contributed by atoms with van der Waals surface area (Å²) in [6, 6.07) is 13.0. The standard InChI is InChI=1S/C23H24ClN3O5S/c1-15-12-27(13-16(2)32-15)33(29,30)18-7-5-17(6-8-18)26-22(28)14-31-21-10-9-20(24)19-4-3-11-25-23(19)21/h3-11,15-16H,12-14H2,1-2H3,(H,26,28)/t15-,16-/m0/s1. The number of pyridine rings is 1. The van der Waals surface area contributed by atoms with E-state index in [0.717, 1.165) is 5.39 Å². The Morgan fingerprint density at radius 1 is 1.15 bits per heavy atom. The Hall–Kier alpha value is -2.72. The van der Waals surface area contributed by atoms with E-state index in [1.54, 1.807) is 36.5 Å². The Morgan fingerprint density at radius 3 is 2.55 bits per heavy atom. The minimum Gasteiger partial charge on any atom is -0.481 e. The lowest BCUT2D eigenvalue weighted by Gasteiger charge is -2.34. The molecule has 0 bridgehead atoms. The highest BCUT2D eigenvalue weighted by molar-refractivity contribution is 7.89. The van der Waals surface area contributed by atoms with Crippen LogP contribution in [0.4, 0.5) is 5.69 Å². The van der Waals surface area contributed by atoms with Crippen LogP contribution in [-0.2, 0) is 19.6 Å². The van der Waals surface area contributed by atoms with Gasteiger partial charge in [0.15, 0.2) is 6.61 Å². The van der Waals surface area contributed by atoms with Crippen molar-refractivity contribution >= 4 is 44.1 Å². The second-order valence-electron chi connectivity index (χ2n) is 7.89. The van der Waals surface area contributed by atoms with Crippen molar-refractivity contribution in [2.45, 2.75) is 31.0 Å². The molecule has 0 spiro atoms. The van der Waals surface area contributed by atoms with E-state index >= 15 is 0 Å². The second-order valence-corrected chi connectivity index (χ2v) is 10.2. The number of sulfonamides is 1. The lowest BCUT2D eigenvalue weighted by atomic mass is 10.2. The van der Waals surface area contributed by atoms with E-state index < -0.39 is 10.0 Å². The molecular formula is C23H24ClN3O5S. The van der Waals surface area contributed by atoms with Crippen LogP contribution in [0, 0.1) is 0 Å². The number of rotatable bonds is 6. The summed E-state index contributed by atoms with van der Waals surface area (Å²) in [5, 5.41) is 3.99. The number of ether oxygens (including phenoxy) is 2. The van der Waals surface area contributed by atoms with Gasteiger partial charge in [0.2, 0.25) is 10.0 Å². The van der Waals surface area contributed by atoms with E-state index in [9.17, 15) is 13.2 Å². The molecule has 0 unspecified atom stereocenters. The molecule has 10 heteroatoms. The van der Waals surface area contributed by atoms with Gasteiger partial charge in [0.05, 0.1) is 22.1 Å². The molecule has 0 radical (unpaired) electrons. The quantitative estimate of drug-likeness (QED) is 0.567. The van der Waals surface area contributed by atoms with Crippen LogP contribution in [0.3, 0.4) is 0 Å². The second kappa shape index (κ2) is 9.64. The third-order valence-corrected chi connectivity index (χ3v) is 7.38. The molecule has 8 nitrogen and oxygen atoms in total. The molecule has 0 aliphatic carbocycles. The summed E-state index contributed by atoms with van der Waals surface area (Å²) in [6.07, 6.45) is 1.28. The zero-order valence-corrected chi connectivity index (χ0v) is 19.8. The Bertz CT molecular complexity index is 1260. The normalized spacial score (nSPS) is 19.4. The number of aromatic nitrogens is 1. The number of benzene rings is 2. The first-order chi connectivity index (χ1) is 15.7. The number of carbonyl (C=O) groups excluding carboxylic acids is 1. The monoisotopic (exact) mass is 489 g/mol. The highest BCUT2D eigenvalue weighted by atomic mass is 35.5. The van der Waals surface area contributed by atoms with Crippen molar-refractivity contribution in [3.63, 3.8) is 0 Å². The summed E-state index contributed by atoms with van der Waals surface area (Å²) in [6.45, 7) is 4.06. The maximum Gasteiger partial charge on any atom is 0.262 e. The van der Waals surface area contributed by atoms with Crippen LogP contribution < -0.4 is 10.1 Å². The summed E-state index contributed by atoms with van der Waals surface area (Å²) in [5.74, 6) is 0.0565. The zero-order chi connectivity index (χ0) is 23.6. The number of fused-ring (bicyclic) bond motifs is 1. The van der Waals surface area contributed by atoms with Crippen molar-refractivity contribution in [3.05, 3.63) is 59.8 Å². The predicted octanol–water partition coefficient (Wildman–Crippen LogP) is 3.70. The van der Waals surface area contributed by atoms with Gasteiger partial charge in [-0.3, -0.25) is 9.78 Å². The van der Waals surface area contributed by atoms with Gasteiger partial charge in [-0.1, -0.05) is 11.6 Å². The Morgan fingerprint density at radius 2 is 1.85 bits per heavy atom. The highest BCUT2D eigenvalue weighted by Gasteiger charge is 2.32. The Balaban J connectivity index is 1.39. The first-order valence-electron chi connectivity index (χ1n) is 10.5. The molecule has 1 N–H and O–H groups in total. The molecule has 1 amide bonds. The summed E-state index contributed by atoms with van der Waals surface area (Å²) < 4.78 is 38.6. The van der Waals surface area contributed by atoms with Crippen LogP contribution in [0.15, 0.2) is 59.6 Å². The number of carbonyl (C=O) groups is 1. The van der Waals surface area contributed by atoms with Crippen LogP contribution >= 0.6 is 11.6 Å². The third-order valence-electron chi connectivity index (χ3n) is 5.20. The lowest BCUT2D eigenvalue weighted by Crippen LogP contribution is -2.48. The number of nitrogens with one attached hydrogen (secondary N) is 1. The maximum atomic E-state index is 12.9. The van der Waals surface area contributed by atoms with Crippen LogP contribution in [0.25, 0.3) is 10.9 Å². The molecule has 2 atom stereocenters. The third kappa shape index (κ3) is 5.27. The van der Waals surface area contributed by atoms with Crippen molar-refractivity contribution in [2.75, 3.05) is 25.0 Å². The van der Waals surface area contributed by atoms with E-state index in [4.69, 9.17) is 21.1 Å². The minimum atomic E-state index is -3.65. The number of anilines is 1. The SMILES string of the molecule is C[C@H]1CN(S(=O)(=O)c2ccc(NC(=O)COc3ccc(Cl)c4cccnc34)cc2)C[C@H](C)O1. The van der Waals surface area contributed by atoms with Gasteiger partial charge in [-0.2, -0.15) is 4.31 Å². The summed E-state index contributed by atoms with van der Waals surface area (Å²) in [7, 11) is -3.65. The summed E-state index contributed by atoms with van der Waals surface area (Å²) in [5.41, 5.74) is 1.03. The van der Waals surface area contributed by atoms with E-state index in [2.05, 4.69) is 10.3 Å². The molecule has 2 aromatic carbocycles. The fourth-order valence-electron chi connectivity index (χ4n) is 3.76. The average molecular weight is 490 g/mol. The van der Waals surface area contributed by atoms with E-state index in [1.807, 2.05) is 19.9 Å². The molecule has 1 saturated heterocycles. The van der Waals surface area contributed by atoms with Gasteiger partial charge in [0.25, 0.3) is 5.91 Å². The molecule has 1 aliphatic rings. The number of hydrogen-bond acceptors (Lipinski definition) is 6. The molecule has 33 heavy (non-hydrogen) atoms. The number of amides is 1. The number of hydrogen-bond donors (Lipinski definition) is 1. The molecule has 1 aromatic heterocycles. The minimum absolute atomic E-state index is 0.164. The lowest BCUT2D eigenvalue weighted by molar-refractivity contribution is -0.118. The number of morpholine rings is 1. The Labute approximate surface area is 197 Å². The topological polar surface area (TPSA) is 97.8 Å². The first-order valence-corrected chi connectivity index (χ1v) is 12.3. The molecule has 3 aromatic rings. The van der Waals surface area contributed by atoms with Gasteiger partial charge in [0.1, 0.15) is 11.3 Å². The summed E-state index contributed by atoms with van der Waals surface area (Å²) >= 11 is 6.18. The van der Waals surface area contributed by atoms with Crippen molar-refractivity contribution in [1.82, 2.24) is 9.29 Å². The predicted molar refractivity (Wildman–Crippen MR) is 126 cm³/mol. The van der Waals surface area contributed by atoms with E-state index in [-0.39, 0.29) is 29.6 Å². The Kier molecular flexibility index (Phi) is 6.85. The molecule has 4 rings (SSSR count). The van der Waals surface area contributed by atoms with Crippen molar-refractivity contribution in [1.29, 1.82) is 0 Å². The molecule has 2 heterocycles.